The van der Waals surface area contributed by atoms with Crippen molar-refractivity contribution in [2.24, 2.45) is 0 Å². The molecule has 0 aliphatic heterocycles. The number of carbonyl (C=O) groups is 1. The molecule has 0 aliphatic rings. The highest BCUT2D eigenvalue weighted by Crippen LogP contribution is 2.21. The Morgan fingerprint density at radius 1 is 1.37 bits per heavy atom. The minimum absolute atomic E-state index is 0.155. The van der Waals surface area contributed by atoms with E-state index in [0.29, 0.717) is 10.6 Å². The molecule has 0 radical (unpaired) electrons. The first kappa shape index (κ1) is 13.6. The molecule has 0 spiro atoms. The van der Waals surface area contributed by atoms with Gasteiger partial charge < -0.3 is 15.1 Å². The van der Waals surface area contributed by atoms with Gasteiger partial charge in [0, 0.05) is 13.1 Å². The fourth-order valence-corrected chi connectivity index (χ4v) is 2.46. The van der Waals surface area contributed by atoms with E-state index in [4.69, 9.17) is 10.2 Å². The molecule has 2 rings (SSSR count). The number of hydrogen-bond donors (Lipinski definition) is 2. The number of aromatic nitrogens is 4. The smallest absolute Gasteiger partial charge is 0.266 e. The van der Waals surface area contributed by atoms with Crippen LogP contribution in [0.3, 0.4) is 0 Å². The van der Waals surface area contributed by atoms with Gasteiger partial charge in [0.05, 0.1) is 18.9 Å². The van der Waals surface area contributed by atoms with Crippen molar-refractivity contribution in [3.8, 4) is 5.69 Å². The van der Waals surface area contributed by atoms with Gasteiger partial charge in [-0.1, -0.05) is 0 Å². The summed E-state index contributed by atoms with van der Waals surface area (Å²) in [4.78, 5) is 14.2. The van der Waals surface area contributed by atoms with Crippen molar-refractivity contribution < 1.29 is 15.0 Å². The van der Waals surface area contributed by atoms with Gasteiger partial charge in [0.2, 0.25) is 0 Å². The third-order valence-corrected chi connectivity index (χ3v) is 3.35. The second-order valence-corrected chi connectivity index (χ2v) is 4.54. The molecule has 0 atom stereocenters. The van der Waals surface area contributed by atoms with E-state index in [1.807, 2.05) is 0 Å². The van der Waals surface area contributed by atoms with Crippen molar-refractivity contribution in [3.05, 3.63) is 22.7 Å². The number of amides is 1. The number of carbonyl (C=O) groups excluding carboxylic acids is 1. The predicted molar refractivity (Wildman–Crippen MR) is 67.1 cm³/mol. The molecule has 102 valence electrons. The van der Waals surface area contributed by atoms with Crippen molar-refractivity contribution >= 4 is 17.2 Å². The SMILES string of the molecule is O=C(c1sccc1-n1cnnn1)N(CCO)CCO. The van der Waals surface area contributed by atoms with Crippen LogP contribution >= 0.6 is 11.3 Å². The molecule has 1 amide bonds. The van der Waals surface area contributed by atoms with Crippen LogP contribution in [0.2, 0.25) is 0 Å². The maximum Gasteiger partial charge on any atom is 0.266 e. The van der Waals surface area contributed by atoms with Gasteiger partial charge in [-0.05, 0) is 21.9 Å². The third-order valence-electron chi connectivity index (χ3n) is 2.46. The molecular formula is C10H13N5O3S. The van der Waals surface area contributed by atoms with E-state index >= 15 is 0 Å². The number of rotatable bonds is 6. The van der Waals surface area contributed by atoms with Gasteiger partial charge in [0.15, 0.2) is 0 Å². The molecule has 2 heterocycles. The average molecular weight is 283 g/mol. The lowest BCUT2D eigenvalue weighted by molar-refractivity contribution is 0.0689. The van der Waals surface area contributed by atoms with Gasteiger partial charge in [-0.15, -0.1) is 16.4 Å². The van der Waals surface area contributed by atoms with Crippen LogP contribution in [0.25, 0.3) is 5.69 Å². The highest BCUT2D eigenvalue weighted by Gasteiger charge is 2.21. The number of thiophene rings is 1. The van der Waals surface area contributed by atoms with Gasteiger partial charge >= 0.3 is 0 Å². The molecule has 8 nitrogen and oxygen atoms in total. The number of tetrazole rings is 1. The van der Waals surface area contributed by atoms with Crippen molar-refractivity contribution in [2.45, 2.75) is 0 Å². The van der Waals surface area contributed by atoms with E-state index in [0.717, 1.165) is 0 Å². The molecular weight excluding hydrogens is 270 g/mol. The molecule has 2 aromatic heterocycles. The van der Waals surface area contributed by atoms with Gasteiger partial charge in [0.25, 0.3) is 5.91 Å². The summed E-state index contributed by atoms with van der Waals surface area (Å²) in [5, 5.41) is 30.5. The maximum absolute atomic E-state index is 12.3. The Kier molecular flexibility index (Phi) is 4.55. The largest absolute Gasteiger partial charge is 0.395 e. The zero-order valence-corrected chi connectivity index (χ0v) is 10.8. The third kappa shape index (κ3) is 2.95. The summed E-state index contributed by atoms with van der Waals surface area (Å²) < 4.78 is 1.40. The topological polar surface area (TPSA) is 104 Å². The van der Waals surface area contributed by atoms with Crippen LogP contribution in [0.15, 0.2) is 17.8 Å². The minimum atomic E-state index is -0.261. The first-order valence-electron chi connectivity index (χ1n) is 5.59. The van der Waals surface area contributed by atoms with Gasteiger partial charge in [-0.25, -0.2) is 0 Å². The van der Waals surface area contributed by atoms with E-state index in [1.54, 1.807) is 11.4 Å². The molecule has 0 saturated heterocycles. The van der Waals surface area contributed by atoms with Crippen LogP contribution < -0.4 is 0 Å². The summed E-state index contributed by atoms with van der Waals surface area (Å²) >= 11 is 1.27. The summed E-state index contributed by atoms with van der Waals surface area (Å²) in [6, 6.07) is 1.74. The Morgan fingerprint density at radius 3 is 2.68 bits per heavy atom. The lowest BCUT2D eigenvalue weighted by Crippen LogP contribution is -2.35. The summed E-state index contributed by atoms with van der Waals surface area (Å²) in [5.41, 5.74) is 0.584. The van der Waals surface area contributed by atoms with E-state index in [2.05, 4.69) is 15.5 Å². The molecule has 0 fully saturated rings. The Balaban J connectivity index is 2.26. The molecule has 0 unspecified atom stereocenters. The van der Waals surface area contributed by atoms with E-state index in [9.17, 15) is 4.79 Å². The van der Waals surface area contributed by atoms with E-state index in [1.165, 1.54) is 27.2 Å². The van der Waals surface area contributed by atoms with Crippen LogP contribution in [0, 0.1) is 0 Å². The molecule has 0 aromatic carbocycles. The minimum Gasteiger partial charge on any atom is -0.395 e. The zero-order valence-electron chi connectivity index (χ0n) is 10.0. The molecule has 0 aliphatic carbocycles. The maximum atomic E-state index is 12.3. The molecule has 0 bridgehead atoms. The van der Waals surface area contributed by atoms with Crippen molar-refractivity contribution in [1.82, 2.24) is 25.1 Å². The average Bonchev–Trinajstić information content (AvgIpc) is 3.07. The van der Waals surface area contributed by atoms with E-state index in [-0.39, 0.29) is 32.2 Å². The summed E-state index contributed by atoms with van der Waals surface area (Å²) in [5.74, 6) is -0.261. The first-order chi connectivity index (χ1) is 9.27. The zero-order chi connectivity index (χ0) is 13.7. The molecule has 0 saturated carbocycles. The Bertz CT molecular complexity index is 521. The van der Waals surface area contributed by atoms with Crippen molar-refractivity contribution in [1.29, 1.82) is 0 Å². The van der Waals surface area contributed by atoms with Crippen LogP contribution in [-0.4, -0.2) is 67.5 Å². The highest BCUT2D eigenvalue weighted by atomic mass is 32.1. The summed E-state index contributed by atoms with van der Waals surface area (Å²) in [6.07, 6.45) is 1.40. The van der Waals surface area contributed by atoms with Crippen LogP contribution in [0.5, 0.6) is 0 Å². The lowest BCUT2D eigenvalue weighted by Gasteiger charge is -2.20. The van der Waals surface area contributed by atoms with Crippen molar-refractivity contribution in [2.75, 3.05) is 26.3 Å². The summed E-state index contributed by atoms with van der Waals surface area (Å²) in [6.45, 7) is 0.0351. The van der Waals surface area contributed by atoms with Gasteiger partial charge in [-0.3, -0.25) is 4.79 Å². The standard InChI is InChI=1S/C10H13N5O3S/c16-4-2-14(3-5-17)10(18)9-8(1-6-19-9)15-7-11-12-13-15/h1,6-7,16-17H,2-5H2. The number of aliphatic hydroxyl groups excluding tert-OH is 2. The monoisotopic (exact) mass is 283 g/mol. The summed E-state index contributed by atoms with van der Waals surface area (Å²) in [7, 11) is 0. The molecule has 9 heteroatoms. The molecule has 19 heavy (non-hydrogen) atoms. The van der Waals surface area contributed by atoms with Crippen LogP contribution in [-0.2, 0) is 0 Å². The second kappa shape index (κ2) is 6.36. The first-order valence-corrected chi connectivity index (χ1v) is 6.47. The normalized spacial score (nSPS) is 10.6. The van der Waals surface area contributed by atoms with Crippen LogP contribution in [0.4, 0.5) is 0 Å². The van der Waals surface area contributed by atoms with Gasteiger partial charge in [-0.2, -0.15) is 4.68 Å². The number of hydrogen-bond acceptors (Lipinski definition) is 7. The number of aliphatic hydroxyl groups is 2. The number of nitrogens with zero attached hydrogens (tertiary/aromatic N) is 5. The molecule has 2 N–H and O–H groups in total. The molecule has 2 aromatic rings. The predicted octanol–water partition coefficient (Wildman–Crippen LogP) is -0.849. The quantitative estimate of drug-likeness (QED) is 0.715. The van der Waals surface area contributed by atoms with Crippen molar-refractivity contribution in [3.63, 3.8) is 0 Å². The fourth-order valence-electron chi connectivity index (χ4n) is 1.61. The van der Waals surface area contributed by atoms with Crippen LogP contribution in [0.1, 0.15) is 9.67 Å². The Labute approximate surface area is 112 Å². The van der Waals surface area contributed by atoms with Gasteiger partial charge in [0.1, 0.15) is 11.2 Å². The van der Waals surface area contributed by atoms with E-state index < -0.39 is 0 Å². The Morgan fingerprint density at radius 2 is 2.11 bits per heavy atom. The second-order valence-electron chi connectivity index (χ2n) is 3.63. The highest BCUT2D eigenvalue weighted by molar-refractivity contribution is 7.12. The lowest BCUT2D eigenvalue weighted by atomic mass is 10.3. The fraction of sp³-hybridized carbons (Fsp3) is 0.400. The Hall–Kier alpha value is -1.84.